The van der Waals surface area contributed by atoms with E-state index in [1.807, 2.05) is 30.3 Å². The second-order valence-electron chi connectivity index (χ2n) is 7.34. The largest absolute Gasteiger partial charge is 0.493 e. The maximum Gasteiger partial charge on any atom is 0.276 e. The maximum atomic E-state index is 12.9. The van der Waals surface area contributed by atoms with Gasteiger partial charge in [-0.05, 0) is 35.4 Å². The monoisotopic (exact) mass is 492 g/mol. The van der Waals surface area contributed by atoms with Crippen molar-refractivity contribution in [2.45, 2.75) is 13.2 Å². The second kappa shape index (κ2) is 10.5. The number of para-hydroxylation sites is 1. The highest BCUT2D eigenvalue weighted by atomic mass is 32.2. The molecule has 0 aromatic heterocycles. The number of thiocarbonyl (C=S) groups is 1. The number of nitrogens with zero attached hydrogens (tertiary/aromatic N) is 2. The van der Waals surface area contributed by atoms with Crippen LogP contribution in [-0.2, 0) is 17.9 Å². The van der Waals surface area contributed by atoms with Crippen molar-refractivity contribution in [3.63, 3.8) is 0 Å². The van der Waals surface area contributed by atoms with Gasteiger partial charge in [0.05, 0.1) is 29.0 Å². The lowest BCUT2D eigenvalue weighted by atomic mass is 10.1. The molecule has 0 spiro atoms. The van der Waals surface area contributed by atoms with Crippen LogP contribution in [0.3, 0.4) is 0 Å². The number of hydrogen-bond donors (Lipinski definition) is 0. The standard InChI is InChI=1S/C25H20N2O5S2/c1-31-22-13-18(11-12-21(22)32-16-19-9-5-6-10-20(19)27(29)30)14-23-24(28)26(25(33)34-23)15-17-7-3-2-4-8-17/h2-14H,15-16H2,1H3. The molecule has 0 unspecified atom stereocenters. The molecule has 1 saturated heterocycles. The van der Waals surface area contributed by atoms with Crippen LogP contribution < -0.4 is 9.47 Å². The first-order valence-electron chi connectivity index (χ1n) is 10.3. The number of carbonyl (C=O) groups is 1. The molecule has 0 aliphatic carbocycles. The highest BCUT2D eigenvalue weighted by Crippen LogP contribution is 2.36. The lowest BCUT2D eigenvalue weighted by Gasteiger charge is -2.14. The molecule has 1 fully saturated rings. The predicted octanol–water partition coefficient (Wildman–Crippen LogP) is 5.58. The van der Waals surface area contributed by atoms with E-state index in [1.54, 1.807) is 47.4 Å². The predicted molar refractivity (Wildman–Crippen MR) is 136 cm³/mol. The Balaban J connectivity index is 1.50. The van der Waals surface area contributed by atoms with E-state index in [-0.39, 0.29) is 18.2 Å². The molecule has 172 valence electrons. The number of hydrogen-bond acceptors (Lipinski definition) is 7. The van der Waals surface area contributed by atoms with Crippen molar-refractivity contribution in [1.82, 2.24) is 4.90 Å². The molecule has 3 aromatic carbocycles. The quantitative estimate of drug-likeness (QED) is 0.176. The Kier molecular flexibility index (Phi) is 7.24. The van der Waals surface area contributed by atoms with E-state index in [0.29, 0.717) is 32.8 Å². The smallest absolute Gasteiger partial charge is 0.276 e. The van der Waals surface area contributed by atoms with Gasteiger partial charge < -0.3 is 9.47 Å². The van der Waals surface area contributed by atoms with Crippen LogP contribution in [0.4, 0.5) is 5.69 Å². The van der Waals surface area contributed by atoms with Crippen LogP contribution in [0.1, 0.15) is 16.7 Å². The van der Waals surface area contributed by atoms with E-state index >= 15 is 0 Å². The van der Waals surface area contributed by atoms with Gasteiger partial charge in [0.1, 0.15) is 10.9 Å². The number of amides is 1. The first-order valence-corrected chi connectivity index (χ1v) is 11.5. The van der Waals surface area contributed by atoms with Gasteiger partial charge in [-0.25, -0.2) is 0 Å². The Hall–Kier alpha value is -3.69. The normalized spacial score (nSPS) is 14.5. The summed E-state index contributed by atoms with van der Waals surface area (Å²) in [7, 11) is 1.51. The lowest BCUT2D eigenvalue weighted by molar-refractivity contribution is -0.385. The number of thioether (sulfide) groups is 1. The summed E-state index contributed by atoms with van der Waals surface area (Å²) in [5, 5.41) is 11.2. The van der Waals surface area contributed by atoms with Crippen molar-refractivity contribution >= 4 is 46.0 Å². The van der Waals surface area contributed by atoms with E-state index in [1.165, 1.54) is 24.9 Å². The van der Waals surface area contributed by atoms with Crippen molar-refractivity contribution in [2.24, 2.45) is 0 Å². The summed E-state index contributed by atoms with van der Waals surface area (Å²) in [4.78, 5) is 25.8. The van der Waals surface area contributed by atoms with Crippen LogP contribution >= 0.6 is 24.0 Å². The van der Waals surface area contributed by atoms with Crippen molar-refractivity contribution in [3.8, 4) is 11.5 Å². The number of carbonyl (C=O) groups excluding carboxylic acids is 1. The van der Waals surface area contributed by atoms with E-state index < -0.39 is 4.92 Å². The summed E-state index contributed by atoms with van der Waals surface area (Å²) in [5.41, 5.74) is 2.20. The molecule has 4 rings (SSSR count). The Morgan fingerprint density at radius 1 is 1.06 bits per heavy atom. The average Bonchev–Trinajstić information content (AvgIpc) is 3.11. The maximum absolute atomic E-state index is 12.9. The van der Waals surface area contributed by atoms with Crippen molar-refractivity contribution < 1.29 is 19.2 Å². The van der Waals surface area contributed by atoms with Gasteiger partial charge in [-0.1, -0.05) is 72.5 Å². The molecule has 9 heteroatoms. The fourth-order valence-corrected chi connectivity index (χ4v) is 4.67. The van der Waals surface area contributed by atoms with Crippen LogP contribution in [0.25, 0.3) is 6.08 Å². The summed E-state index contributed by atoms with van der Waals surface area (Å²) >= 11 is 6.68. The third-order valence-corrected chi connectivity index (χ3v) is 6.49. The third kappa shape index (κ3) is 5.27. The van der Waals surface area contributed by atoms with Gasteiger partial charge in [-0.3, -0.25) is 19.8 Å². The van der Waals surface area contributed by atoms with Gasteiger partial charge >= 0.3 is 0 Å². The van der Waals surface area contributed by atoms with Gasteiger partial charge in [-0.15, -0.1) is 0 Å². The summed E-state index contributed by atoms with van der Waals surface area (Å²) in [6, 6.07) is 21.4. The minimum absolute atomic E-state index is 0.00406. The van der Waals surface area contributed by atoms with E-state index in [4.69, 9.17) is 21.7 Å². The van der Waals surface area contributed by atoms with Gasteiger partial charge in [0, 0.05) is 6.07 Å². The van der Waals surface area contributed by atoms with E-state index in [2.05, 4.69) is 0 Å². The molecule has 0 atom stereocenters. The topological polar surface area (TPSA) is 81.9 Å². The molecule has 1 amide bonds. The third-order valence-electron chi connectivity index (χ3n) is 5.11. The zero-order chi connectivity index (χ0) is 24.1. The van der Waals surface area contributed by atoms with Gasteiger partial charge in [0.2, 0.25) is 0 Å². The van der Waals surface area contributed by atoms with Crippen LogP contribution in [-0.4, -0.2) is 27.2 Å². The van der Waals surface area contributed by atoms with Gasteiger partial charge in [0.15, 0.2) is 11.5 Å². The SMILES string of the molecule is COc1cc(C=C2SC(=S)N(Cc3ccccc3)C2=O)ccc1OCc1ccccc1[N+](=O)[O-]. The number of rotatable bonds is 8. The van der Waals surface area contributed by atoms with E-state index in [0.717, 1.165) is 11.1 Å². The van der Waals surface area contributed by atoms with E-state index in [9.17, 15) is 14.9 Å². The second-order valence-corrected chi connectivity index (χ2v) is 9.01. The van der Waals surface area contributed by atoms with Crippen LogP contribution in [0.5, 0.6) is 11.5 Å². The molecular weight excluding hydrogens is 472 g/mol. The number of ether oxygens (including phenoxy) is 2. The van der Waals surface area contributed by atoms with Crippen molar-refractivity contribution in [2.75, 3.05) is 7.11 Å². The summed E-state index contributed by atoms with van der Waals surface area (Å²) in [6.07, 6.45) is 1.76. The first kappa shape index (κ1) is 23.5. The molecule has 0 saturated carbocycles. The average molecular weight is 493 g/mol. The number of nitro benzene ring substituents is 1. The summed E-state index contributed by atoms with van der Waals surface area (Å²) in [5.74, 6) is 0.746. The summed E-state index contributed by atoms with van der Waals surface area (Å²) < 4.78 is 11.8. The lowest BCUT2D eigenvalue weighted by Crippen LogP contribution is -2.27. The highest BCUT2D eigenvalue weighted by Gasteiger charge is 2.32. The molecule has 34 heavy (non-hydrogen) atoms. The van der Waals surface area contributed by atoms with Crippen molar-refractivity contribution in [3.05, 3.63) is 105 Å². The molecular formula is C25H20N2O5S2. The Morgan fingerprint density at radius 3 is 2.53 bits per heavy atom. The van der Waals surface area contributed by atoms with Crippen LogP contribution in [0.2, 0.25) is 0 Å². The molecule has 3 aromatic rings. The fourth-order valence-electron chi connectivity index (χ4n) is 3.41. The summed E-state index contributed by atoms with van der Waals surface area (Å²) in [6.45, 7) is 0.440. The number of nitro groups is 1. The molecule has 1 aliphatic heterocycles. The Bertz CT molecular complexity index is 1280. The zero-order valence-electron chi connectivity index (χ0n) is 18.2. The molecule has 7 nitrogen and oxygen atoms in total. The minimum Gasteiger partial charge on any atom is -0.493 e. The molecule has 1 heterocycles. The fraction of sp³-hybridized carbons (Fsp3) is 0.120. The van der Waals surface area contributed by atoms with Gasteiger partial charge in [-0.2, -0.15) is 0 Å². The number of benzene rings is 3. The Labute approximate surface area is 206 Å². The van der Waals surface area contributed by atoms with Crippen LogP contribution in [0, 0.1) is 10.1 Å². The molecule has 0 bridgehead atoms. The van der Waals surface area contributed by atoms with Crippen molar-refractivity contribution in [1.29, 1.82) is 0 Å². The Morgan fingerprint density at radius 2 is 1.79 bits per heavy atom. The van der Waals surface area contributed by atoms with Gasteiger partial charge in [0.25, 0.3) is 11.6 Å². The number of methoxy groups -OCH3 is 1. The highest BCUT2D eigenvalue weighted by molar-refractivity contribution is 8.26. The van der Waals surface area contributed by atoms with Crippen LogP contribution in [0.15, 0.2) is 77.7 Å². The molecule has 1 aliphatic rings. The first-order chi connectivity index (χ1) is 16.5. The zero-order valence-corrected chi connectivity index (χ0v) is 19.8. The molecule has 0 radical (unpaired) electrons. The minimum atomic E-state index is -0.437. The molecule has 0 N–H and O–H groups in total.